The Labute approximate surface area is 130 Å². The van der Waals surface area contributed by atoms with E-state index in [1.807, 2.05) is 20.8 Å². The normalized spacial score (nSPS) is 28.7. The second kappa shape index (κ2) is 7.13. The molecule has 0 aromatic heterocycles. The van der Waals surface area contributed by atoms with Gasteiger partial charge in [-0.3, -0.25) is 4.79 Å². The van der Waals surface area contributed by atoms with E-state index in [1.54, 1.807) is 0 Å². The van der Waals surface area contributed by atoms with Gasteiger partial charge in [-0.2, -0.15) is 0 Å². The number of likely N-dealkylation sites (tertiary alicyclic amines) is 1. The predicted octanol–water partition coefficient (Wildman–Crippen LogP) is 3.44. The molecule has 0 aromatic carbocycles. The van der Waals surface area contributed by atoms with Gasteiger partial charge in [0, 0.05) is 24.5 Å². The second-order valence-electron chi connectivity index (χ2n) is 8.36. The van der Waals surface area contributed by atoms with Gasteiger partial charge in [-0.1, -0.05) is 40.5 Å². The van der Waals surface area contributed by atoms with Crippen molar-refractivity contribution in [2.75, 3.05) is 19.6 Å². The van der Waals surface area contributed by atoms with E-state index in [9.17, 15) is 4.79 Å². The molecule has 1 N–H and O–H groups in total. The molecule has 3 heteroatoms. The highest BCUT2D eigenvalue weighted by atomic mass is 16.2. The van der Waals surface area contributed by atoms with Crippen molar-refractivity contribution < 1.29 is 4.79 Å². The minimum Gasteiger partial charge on any atom is -0.342 e. The fraction of sp³-hybridized carbons (Fsp3) is 0.944. The molecule has 21 heavy (non-hydrogen) atoms. The van der Waals surface area contributed by atoms with Gasteiger partial charge in [0.25, 0.3) is 0 Å². The van der Waals surface area contributed by atoms with Crippen LogP contribution in [0, 0.1) is 17.3 Å². The quantitative estimate of drug-likeness (QED) is 0.865. The van der Waals surface area contributed by atoms with Crippen LogP contribution in [-0.2, 0) is 4.79 Å². The minimum absolute atomic E-state index is 0.238. The molecule has 1 saturated carbocycles. The van der Waals surface area contributed by atoms with E-state index in [2.05, 4.69) is 17.1 Å². The van der Waals surface area contributed by atoms with E-state index >= 15 is 0 Å². The third kappa shape index (κ3) is 4.98. The van der Waals surface area contributed by atoms with Crippen LogP contribution in [-0.4, -0.2) is 36.5 Å². The summed E-state index contributed by atoms with van der Waals surface area (Å²) >= 11 is 0. The van der Waals surface area contributed by atoms with Gasteiger partial charge >= 0.3 is 0 Å². The number of hydrogen-bond donors (Lipinski definition) is 1. The number of carbonyl (C=O) groups is 1. The summed E-state index contributed by atoms with van der Waals surface area (Å²) in [4.78, 5) is 14.3. The highest BCUT2D eigenvalue weighted by molar-refractivity contribution is 5.81. The molecular weight excluding hydrogens is 260 g/mol. The third-order valence-corrected chi connectivity index (χ3v) is 5.16. The van der Waals surface area contributed by atoms with Gasteiger partial charge < -0.3 is 10.2 Å². The monoisotopic (exact) mass is 294 g/mol. The molecule has 1 aliphatic heterocycles. The number of amides is 1. The van der Waals surface area contributed by atoms with Crippen molar-refractivity contribution in [1.82, 2.24) is 10.2 Å². The molecule has 122 valence electrons. The van der Waals surface area contributed by atoms with E-state index in [0.29, 0.717) is 11.9 Å². The average Bonchev–Trinajstić information content (AvgIpc) is 2.44. The zero-order valence-corrected chi connectivity index (χ0v) is 14.5. The fourth-order valence-electron chi connectivity index (χ4n) is 3.84. The van der Waals surface area contributed by atoms with Crippen molar-refractivity contribution >= 4 is 5.91 Å². The Morgan fingerprint density at radius 2 is 1.81 bits per heavy atom. The zero-order chi connectivity index (χ0) is 15.5. The van der Waals surface area contributed by atoms with Crippen LogP contribution in [0.3, 0.4) is 0 Å². The molecule has 0 radical (unpaired) electrons. The summed E-state index contributed by atoms with van der Waals surface area (Å²) in [7, 11) is 0. The SMILES string of the molecule is CC1CCCC(CNC2CCN(C(=O)C(C)(C)C)CC2)C1. The molecule has 2 unspecified atom stereocenters. The molecule has 2 atom stereocenters. The van der Waals surface area contributed by atoms with Crippen LogP contribution < -0.4 is 5.32 Å². The molecule has 0 spiro atoms. The lowest BCUT2D eigenvalue weighted by Gasteiger charge is -2.37. The first-order valence-corrected chi connectivity index (χ1v) is 8.89. The van der Waals surface area contributed by atoms with Gasteiger partial charge in [-0.25, -0.2) is 0 Å². The number of rotatable bonds is 3. The Kier molecular flexibility index (Phi) is 5.70. The Morgan fingerprint density at radius 1 is 1.14 bits per heavy atom. The maximum Gasteiger partial charge on any atom is 0.227 e. The smallest absolute Gasteiger partial charge is 0.227 e. The average molecular weight is 294 g/mol. The molecule has 3 nitrogen and oxygen atoms in total. The summed E-state index contributed by atoms with van der Waals surface area (Å²) in [5.74, 6) is 2.10. The fourth-order valence-corrected chi connectivity index (χ4v) is 3.84. The van der Waals surface area contributed by atoms with Crippen molar-refractivity contribution in [2.45, 2.75) is 72.3 Å². The number of nitrogens with one attached hydrogen (secondary N) is 1. The number of carbonyl (C=O) groups excluding carboxylic acids is 1. The van der Waals surface area contributed by atoms with Crippen LogP contribution in [0.15, 0.2) is 0 Å². The van der Waals surface area contributed by atoms with E-state index in [1.165, 1.54) is 32.2 Å². The highest BCUT2D eigenvalue weighted by Gasteiger charge is 2.30. The molecular formula is C18H34N2O. The highest BCUT2D eigenvalue weighted by Crippen LogP contribution is 2.28. The maximum absolute atomic E-state index is 12.3. The number of piperidine rings is 1. The van der Waals surface area contributed by atoms with Crippen LogP contribution >= 0.6 is 0 Å². The molecule has 0 aromatic rings. The Balaban J connectivity index is 1.68. The second-order valence-corrected chi connectivity index (χ2v) is 8.36. The van der Waals surface area contributed by atoms with Gasteiger partial charge in [0.05, 0.1) is 0 Å². The van der Waals surface area contributed by atoms with E-state index in [-0.39, 0.29) is 5.41 Å². The van der Waals surface area contributed by atoms with Crippen molar-refractivity contribution in [3.63, 3.8) is 0 Å². The molecule has 2 aliphatic rings. The van der Waals surface area contributed by atoms with Crippen molar-refractivity contribution in [2.24, 2.45) is 17.3 Å². The standard InChI is InChI=1S/C18H34N2O/c1-14-6-5-7-15(12-14)13-19-16-8-10-20(11-9-16)17(21)18(2,3)4/h14-16,19H,5-13H2,1-4H3. The minimum atomic E-state index is -0.238. The summed E-state index contributed by atoms with van der Waals surface area (Å²) in [5, 5.41) is 3.77. The molecule has 2 fully saturated rings. The van der Waals surface area contributed by atoms with Crippen LogP contribution in [0.2, 0.25) is 0 Å². The third-order valence-electron chi connectivity index (χ3n) is 5.16. The largest absolute Gasteiger partial charge is 0.342 e. The van der Waals surface area contributed by atoms with Crippen LogP contribution in [0.1, 0.15) is 66.2 Å². The van der Waals surface area contributed by atoms with Crippen LogP contribution in [0.5, 0.6) is 0 Å². The number of nitrogens with zero attached hydrogens (tertiary/aromatic N) is 1. The first-order chi connectivity index (χ1) is 9.86. The van der Waals surface area contributed by atoms with E-state index < -0.39 is 0 Å². The van der Waals surface area contributed by atoms with Gasteiger partial charge in [0.15, 0.2) is 0 Å². The molecule has 1 aliphatic carbocycles. The Morgan fingerprint density at radius 3 is 2.38 bits per heavy atom. The van der Waals surface area contributed by atoms with Gasteiger partial charge in [-0.05, 0) is 44.1 Å². The van der Waals surface area contributed by atoms with Gasteiger partial charge in [-0.15, -0.1) is 0 Å². The summed E-state index contributed by atoms with van der Waals surface area (Å²) in [6.45, 7) is 11.5. The maximum atomic E-state index is 12.3. The predicted molar refractivity (Wildman–Crippen MR) is 88.2 cm³/mol. The van der Waals surface area contributed by atoms with Crippen molar-refractivity contribution in [3.05, 3.63) is 0 Å². The lowest BCUT2D eigenvalue weighted by Crippen LogP contribution is -2.49. The van der Waals surface area contributed by atoms with Crippen molar-refractivity contribution in [1.29, 1.82) is 0 Å². The van der Waals surface area contributed by atoms with E-state index in [0.717, 1.165) is 37.8 Å². The Hall–Kier alpha value is -0.570. The molecule has 1 heterocycles. The summed E-state index contributed by atoms with van der Waals surface area (Å²) < 4.78 is 0. The molecule has 2 rings (SSSR count). The first-order valence-electron chi connectivity index (χ1n) is 8.89. The Bertz CT molecular complexity index is 340. The number of hydrogen-bond acceptors (Lipinski definition) is 2. The lowest BCUT2D eigenvalue weighted by molar-refractivity contribution is -0.140. The zero-order valence-electron chi connectivity index (χ0n) is 14.5. The topological polar surface area (TPSA) is 32.3 Å². The summed E-state index contributed by atoms with van der Waals surface area (Å²) in [5.41, 5.74) is -0.238. The van der Waals surface area contributed by atoms with Gasteiger partial charge in [0.1, 0.15) is 0 Å². The van der Waals surface area contributed by atoms with Crippen molar-refractivity contribution in [3.8, 4) is 0 Å². The van der Waals surface area contributed by atoms with Crippen LogP contribution in [0.4, 0.5) is 0 Å². The first kappa shape index (κ1) is 16.8. The molecule has 0 bridgehead atoms. The summed E-state index contributed by atoms with van der Waals surface area (Å²) in [6.07, 6.45) is 7.86. The lowest BCUT2D eigenvalue weighted by atomic mass is 9.82. The molecule has 1 amide bonds. The summed E-state index contributed by atoms with van der Waals surface area (Å²) in [6, 6.07) is 0.617. The van der Waals surface area contributed by atoms with Crippen LogP contribution in [0.25, 0.3) is 0 Å². The van der Waals surface area contributed by atoms with E-state index in [4.69, 9.17) is 0 Å². The van der Waals surface area contributed by atoms with Gasteiger partial charge in [0.2, 0.25) is 5.91 Å². The molecule has 1 saturated heterocycles.